The Bertz CT molecular complexity index is 745. The van der Waals surface area contributed by atoms with Crippen molar-refractivity contribution >= 4 is 47.0 Å². The molecule has 0 fully saturated rings. The number of hydrogen-bond acceptors (Lipinski definition) is 4. The van der Waals surface area contributed by atoms with Gasteiger partial charge in [0, 0.05) is 43.2 Å². The maximum absolute atomic E-state index is 4.80. The van der Waals surface area contributed by atoms with Gasteiger partial charge in [-0.3, -0.25) is 4.99 Å². The number of aryl methyl sites for hydroxylation is 1. The van der Waals surface area contributed by atoms with Gasteiger partial charge in [-0.15, -0.1) is 35.3 Å². The van der Waals surface area contributed by atoms with Gasteiger partial charge in [0.25, 0.3) is 0 Å². The van der Waals surface area contributed by atoms with Crippen LogP contribution in [0.1, 0.15) is 30.1 Å². The van der Waals surface area contributed by atoms with Gasteiger partial charge in [0.1, 0.15) is 0 Å². The number of anilines is 1. The van der Waals surface area contributed by atoms with E-state index in [1.807, 2.05) is 6.92 Å². The molecule has 0 saturated heterocycles. The molecular weight excluding hydrogens is 469 g/mol. The Morgan fingerprint density at radius 2 is 2.15 bits per heavy atom. The van der Waals surface area contributed by atoms with E-state index in [4.69, 9.17) is 4.99 Å². The number of halogens is 1. The lowest BCUT2D eigenvalue weighted by molar-refractivity contribution is 0.657. The maximum Gasteiger partial charge on any atom is 0.191 e. The highest BCUT2D eigenvalue weighted by molar-refractivity contribution is 14.0. The molecular formula is C20H30IN5S. The molecule has 2 heterocycles. The van der Waals surface area contributed by atoms with Crippen LogP contribution in [0.3, 0.4) is 0 Å². The topological polar surface area (TPSA) is 52.6 Å². The SMILES string of the molecule is CCNC(=NCC(C)N1CCc2ccccc21)NCCc1csc(C)n1.I. The zero-order valence-electron chi connectivity index (χ0n) is 16.4. The summed E-state index contributed by atoms with van der Waals surface area (Å²) in [6, 6.07) is 9.09. The highest BCUT2D eigenvalue weighted by atomic mass is 127. The first-order chi connectivity index (χ1) is 12.7. The fourth-order valence-corrected chi connectivity index (χ4v) is 3.96. The molecule has 148 valence electrons. The van der Waals surface area contributed by atoms with Gasteiger partial charge in [0.15, 0.2) is 5.96 Å². The van der Waals surface area contributed by atoms with Crippen LogP contribution in [0.4, 0.5) is 5.69 Å². The molecule has 0 saturated carbocycles. The standard InChI is InChI=1S/C20H29N5S.HI/c1-4-21-20(22-11-9-18-14-26-16(3)24-18)23-13-15(2)25-12-10-17-7-5-6-8-19(17)25;/h5-8,14-15H,4,9-13H2,1-3H3,(H2,21,22,23);1H. The number of thiazole rings is 1. The van der Waals surface area contributed by atoms with E-state index in [9.17, 15) is 0 Å². The average Bonchev–Trinajstić information content (AvgIpc) is 3.25. The Morgan fingerprint density at radius 3 is 2.89 bits per heavy atom. The molecule has 0 amide bonds. The molecule has 1 aliphatic rings. The molecule has 3 rings (SSSR count). The minimum Gasteiger partial charge on any atom is -0.366 e. The molecule has 0 spiro atoms. The number of benzene rings is 1. The molecule has 0 bridgehead atoms. The lowest BCUT2D eigenvalue weighted by atomic mass is 10.2. The Balaban J connectivity index is 0.00000261. The van der Waals surface area contributed by atoms with E-state index >= 15 is 0 Å². The van der Waals surface area contributed by atoms with Crippen molar-refractivity contribution in [2.24, 2.45) is 4.99 Å². The average molecular weight is 499 g/mol. The molecule has 7 heteroatoms. The number of fused-ring (bicyclic) bond motifs is 1. The fourth-order valence-electron chi connectivity index (χ4n) is 3.32. The summed E-state index contributed by atoms with van der Waals surface area (Å²) in [6.45, 7) is 9.97. The van der Waals surface area contributed by atoms with Crippen LogP contribution in [0, 0.1) is 6.92 Å². The summed E-state index contributed by atoms with van der Waals surface area (Å²) in [6.07, 6.45) is 2.05. The van der Waals surface area contributed by atoms with Crippen molar-refractivity contribution in [2.45, 2.75) is 39.7 Å². The zero-order chi connectivity index (χ0) is 18.4. The molecule has 0 radical (unpaired) electrons. The van der Waals surface area contributed by atoms with E-state index in [-0.39, 0.29) is 24.0 Å². The molecule has 1 aliphatic heterocycles. The molecule has 1 aromatic carbocycles. The Labute approximate surface area is 183 Å². The van der Waals surface area contributed by atoms with Crippen molar-refractivity contribution in [2.75, 3.05) is 31.1 Å². The van der Waals surface area contributed by atoms with Crippen LogP contribution in [0.25, 0.3) is 0 Å². The number of para-hydroxylation sites is 1. The van der Waals surface area contributed by atoms with Gasteiger partial charge >= 0.3 is 0 Å². The largest absolute Gasteiger partial charge is 0.366 e. The van der Waals surface area contributed by atoms with Gasteiger partial charge in [-0.05, 0) is 38.8 Å². The van der Waals surface area contributed by atoms with Crippen LogP contribution >= 0.6 is 35.3 Å². The third kappa shape index (κ3) is 6.07. The predicted octanol–water partition coefficient (Wildman–Crippen LogP) is 3.62. The van der Waals surface area contributed by atoms with E-state index in [2.05, 4.69) is 64.0 Å². The Hall–Kier alpha value is -1.35. The van der Waals surface area contributed by atoms with E-state index in [0.29, 0.717) is 6.04 Å². The number of nitrogens with zero attached hydrogens (tertiary/aromatic N) is 3. The fraction of sp³-hybridized carbons (Fsp3) is 0.500. The molecule has 0 aliphatic carbocycles. The highest BCUT2D eigenvalue weighted by Gasteiger charge is 2.22. The van der Waals surface area contributed by atoms with Gasteiger partial charge in [-0.25, -0.2) is 4.98 Å². The molecule has 27 heavy (non-hydrogen) atoms. The van der Waals surface area contributed by atoms with Crippen LogP contribution in [0.5, 0.6) is 0 Å². The summed E-state index contributed by atoms with van der Waals surface area (Å²) in [4.78, 5) is 11.8. The van der Waals surface area contributed by atoms with Crippen molar-refractivity contribution in [1.82, 2.24) is 15.6 Å². The lowest BCUT2D eigenvalue weighted by Crippen LogP contribution is -2.40. The summed E-state index contributed by atoms with van der Waals surface area (Å²) < 4.78 is 0. The summed E-state index contributed by atoms with van der Waals surface area (Å²) in [5, 5.41) is 10.0. The van der Waals surface area contributed by atoms with E-state index < -0.39 is 0 Å². The minimum atomic E-state index is 0. The third-order valence-electron chi connectivity index (χ3n) is 4.65. The quantitative estimate of drug-likeness (QED) is 0.347. The molecule has 1 unspecified atom stereocenters. The molecule has 2 aromatic rings. The summed E-state index contributed by atoms with van der Waals surface area (Å²) in [7, 11) is 0. The molecule has 1 atom stereocenters. The monoisotopic (exact) mass is 499 g/mol. The van der Waals surface area contributed by atoms with Crippen molar-refractivity contribution in [1.29, 1.82) is 0 Å². The minimum absolute atomic E-state index is 0. The van der Waals surface area contributed by atoms with E-state index in [1.54, 1.807) is 11.3 Å². The predicted molar refractivity (Wildman–Crippen MR) is 127 cm³/mol. The van der Waals surface area contributed by atoms with Gasteiger partial charge in [-0.2, -0.15) is 0 Å². The van der Waals surface area contributed by atoms with Crippen molar-refractivity contribution in [3.63, 3.8) is 0 Å². The number of hydrogen-bond donors (Lipinski definition) is 2. The first-order valence-electron chi connectivity index (χ1n) is 9.45. The van der Waals surface area contributed by atoms with Crippen molar-refractivity contribution < 1.29 is 0 Å². The van der Waals surface area contributed by atoms with E-state index in [0.717, 1.165) is 55.7 Å². The van der Waals surface area contributed by atoms with E-state index in [1.165, 1.54) is 11.3 Å². The lowest BCUT2D eigenvalue weighted by Gasteiger charge is -2.26. The molecule has 2 N–H and O–H groups in total. The summed E-state index contributed by atoms with van der Waals surface area (Å²) >= 11 is 1.71. The molecule has 5 nitrogen and oxygen atoms in total. The van der Waals surface area contributed by atoms with Crippen LogP contribution in [0.2, 0.25) is 0 Å². The number of aliphatic imine (C=N–C) groups is 1. The summed E-state index contributed by atoms with van der Waals surface area (Å²) in [5.74, 6) is 0.888. The van der Waals surface area contributed by atoms with Crippen LogP contribution < -0.4 is 15.5 Å². The van der Waals surface area contributed by atoms with Crippen molar-refractivity contribution in [3.8, 4) is 0 Å². The normalized spacial score (nSPS) is 14.5. The van der Waals surface area contributed by atoms with Gasteiger partial charge in [-0.1, -0.05) is 18.2 Å². The van der Waals surface area contributed by atoms with Gasteiger partial charge < -0.3 is 15.5 Å². The second-order valence-corrected chi connectivity index (χ2v) is 7.74. The second-order valence-electron chi connectivity index (χ2n) is 6.68. The number of aromatic nitrogens is 1. The number of guanidine groups is 1. The Kier molecular flexibility index (Phi) is 8.82. The zero-order valence-corrected chi connectivity index (χ0v) is 19.5. The number of nitrogens with one attached hydrogen (secondary N) is 2. The first kappa shape index (κ1) is 21.9. The number of rotatable bonds is 7. The highest BCUT2D eigenvalue weighted by Crippen LogP contribution is 2.29. The smallest absolute Gasteiger partial charge is 0.191 e. The third-order valence-corrected chi connectivity index (χ3v) is 5.48. The Morgan fingerprint density at radius 1 is 1.33 bits per heavy atom. The van der Waals surface area contributed by atoms with Gasteiger partial charge in [0.05, 0.1) is 17.2 Å². The maximum atomic E-state index is 4.80. The van der Waals surface area contributed by atoms with Crippen LogP contribution in [-0.2, 0) is 12.8 Å². The summed E-state index contributed by atoms with van der Waals surface area (Å²) in [5.41, 5.74) is 3.97. The first-order valence-corrected chi connectivity index (χ1v) is 10.3. The molecule has 1 aromatic heterocycles. The van der Waals surface area contributed by atoms with Crippen molar-refractivity contribution in [3.05, 3.63) is 45.9 Å². The second kappa shape index (κ2) is 10.8. The van der Waals surface area contributed by atoms with Crippen LogP contribution in [0.15, 0.2) is 34.6 Å². The van der Waals surface area contributed by atoms with Gasteiger partial charge in [0.2, 0.25) is 0 Å². The van der Waals surface area contributed by atoms with Crippen LogP contribution in [-0.4, -0.2) is 43.2 Å².